The molecule has 2 aromatic heterocycles. The van der Waals surface area contributed by atoms with Gasteiger partial charge < -0.3 is 4.74 Å². The summed E-state index contributed by atoms with van der Waals surface area (Å²) in [5, 5.41) is 0. The zero-order chi connectivity index (χ0) is 18.6. The molecule has 0 unspecified atom stereocenters. The number of carbonyl (C=O) groups is 1. The molecule has 27 heavy (non-hydrogen) atoms. The van der Waals surface area contributed by atoms with Gasteiger partial charge in [-0.1, -0.05) is 24.3 Å². The van der Waals surface area contributed by atoms with Crippen molar-refractivity contribution >= 4 is 17.0 Å². The van der Waals surface area contributed by atoms with Gasteiger partial charge in [0.1, 0.15) is 6.33 Å². The molecule has 0 spiro atoms. The van der Waals surface area contributed by atoms with Crippen LogP contribution < -0.4 is 0 Å². The van der Waals surface area contributed by atoms with Crippen LogP contribution in [0.15, 0.2) is 73.2 Å². The van der Waals surface area contributed by atoms with Crippen molar-refractivity contribution in [3.8, 4) is 16.9 Å². The van der Waals surface area contributed by atoms with Crippen LogP contribution in [0.2, 0.25) is 0 Å². The average molecular weight is 357 g/mol. The molecule has 4 rings (SSSR count). The Bertz CT molecular complexity index is 1070. The predicted octanol–water partition coefficient (Wildman–Crippen LogP) is 4.19. The smallest absolute Gasteiger partial charge is 0.310 e. The van der Waals surface area contributed by atoms with Crippen LogP contribution in [0.1, 0.15) is 12.5 Å². The molecular formula is C22H19N3O2. The van der Waals surface area contributed by atoms with Crippen molar-refractivity contribution in [2.45, 2.75) is 13.3 Å². The van der Waals surface area contributed by atoms with Crippen LogP contribution in [0.4, 0.5) is 0 Å². The number of aromatic nitrogens is 3. The topological polar surface area (TPSA) is 57.0 Å². The number of imidazole rings is 1. The van der Waals surface area contributed by atoms with Gasteiger partial charge in [-0.2, -0.15) is 0 Å². The molecule has 2 heterocycles. The summed E-state index contributed by atoms with van der Waals surface area (Å²) in [6.45, 7) is 2.21. The fourth-order valence-corrected chi connectivity index (χ4v) is 3.06. The van der Waals surface area contributed by atoms with Gasteiger partial charge >= 0.3 is 5.97 Å². The van der Waals surface area contributed by atoms with E-state index in [2.05, 4.69) is 22.1 Å². The first-order valence-corrected chi connectivity index (χ1v) is 8.88. The van der Waals surface area contributed by atoms with Crippen LogP contribution in [0.25, 0.3) is 28.0 Å². The highest BCUT2D eigenvalue weighted by Crippen LogP contribution is 2.24. The van der Waals surface area contributed by atoms with E-state index in [1.807, 2.05) is 66.3 Å². The molecule has 0 N–H and O–H groups in total. The van der Waals surface area contributed by atoms with Gasteiger partial charge in [-0.05, 0) is 48.9 Å². The minimum atomic E-state index is -0.208. The number of benzene rings is 2. The molecule has 5 heteroatoms. The molecule has 0 radical (unpaired) electrons. The van der Waals surface area contributed by atoms with E-state index in [4.69, 9.17) is 4.74 Å². The zero-order valence-corrected chi connectivity index (χ0v) is 15.0. The Morgan fingerprint density at radius 2 is 1.89 bits per heavy atom. The summed E-state index contributed by atoms with van der Waals surface area (Å²) < 4.78 is 7.03. The molecule has 0 saturated heterocycles. The number of pyridine rings is 1. The molecule has 5 nitrogen and oxygen atoms in total. The Hall–Kier alpha value is -3.47. The van der Waals surface area contributed by atoms with Crippen LogP contribution in [0, 0.1) is 0 Å². The number of hydrogen-bond acceptors (Lipinski definition) is 4. The molecule has 134 valence electrons. The highest BCUT2D eigenvalue weighted by atomic mass is 16.5. The quantitative estimate of drug-likeness (QED) is 0.503. The van der Waals surface area contributed by atoms with E-state index >= 15 is 0 Å². The van der Waals surface area contributed by atoms with Crippen LogP contribution >= 0.6 is 0 Å². The van der Waals surface area contributed by atoms with Crippen molar-refractivity contribution in [3.63, 3.8) is 0 Å². The highest BCUT2D eigenvalue weighted by Gasteiger charge is 2.08. The van der Waals surface area contributed by atoms with Gasteiger partial charge in [0.2, 0.25) is 0 Å². The van der Waals surface area contributed by atoms with Gasteiger partial charge in [0.15, 0.2) is 0 Å². The molecule has 0 aliphatic heterocycles. The van der Waals surface area contributed by atoms with E-state index in [1.165, 1.54) is 0 Å². The van der Waals surface area contributed by atoms with Crippen molar-refractivity contribution in [1.82, 2.24) is 14.5 Å². The van der Waals surface area contributed by atoms with Crippen molar-refractivity contribution < 1.29 is 9.53 Å². The SMILES string of the molecule is CCOC(=O)Cc1ccc(-n2cnc3cc(-c4ccccn4)ccc32)cc1. The van der Waals surface area contributed by atoms with E-state index in [0.717, 1.165) is 33.5 Å². The Morgan fingerprint density at radius 3 is 2.63 bits per heavy atom. The molecule has 4 aromatic rings. The zero-order valence-electron chi connectivity index (χ0n) is 15.0. The Balaban J connectivity index is 1.61. The first-order chi connectivity index (χ1) is 13.2. The number of nitrogens with zero attached hydrogens (tertiary/aromatic N) is 3. The van der Waals surface area contributed by atoms with E-state index in [0.29, 0.717) is 6.61 Å². The molecule has 0 saturated carbocycles. The van der Waals surface area contributed by atoms with Crippen LogP contribution in [0.3, 0.4) is 0 Å². The lowest BCUT2D eigenvalue weighted by Crippen LogP contribution is -2.07. The first-order valence-electron chi connectivity index (χ1n) is 8.88. The van der Waals surface area contributed by atoms with Gasteiger partial charge in [0, 0.05) is 17.4 Å². The van der Waals surface area contributed by atoms with Gasteiger partial charge in [0.25, 0.3) is 0 Å². The van der Waals surface area contributed by atoms with E-state index in [-0.39, 0.29) is 12.4 Å². The lowest BCUT2D eigenvalue weighted by atomic mass is 10.1. The monoisotopic (exact) mass is 357 g/mol. The van der Waals surface area contributed by atoms with Gasteiger partial charge in [0.05, 0.1) is 29.8 Å². The van der Waals surface area contributed by atoms with Crippen LogP contribution in [0.5, 0.6) is 0 Å². The molecule has 0 atom stereocenters. The summed E-state index contributed by atoms with van der Waals surface area (Å²) >= 11 is 0. The second kappa shape index (κ2) is 7.41. The molecular weight excluding hydrogens is 338 g/mol. The summed E-state index contributed by atoms with van der Waals surface area (Å²) in [4.78, 5) is 20.5. The molecule has 0 amide bonds. The number of carbonyl (C=O) groups excluding carboxylic acids is 1. The van der Waals surface area contributed by atoms with Crippen LogP contribution in [-0.4, -0.2) is 27.1 Å². The number of fused-ring (bicyclic) bond motifs is 1. The Morgan fingerprint density at radius 1 is 1.04 bits per heavy atom. The Kier molecular flexibility index (Phi) is 4.66. The third kappa shape index (κ3) is 3.58. The molecule has 0 aliphatic carbocycles. The van der Waals surface area contributed by atoms with Gasteiger partial charge in [-0.15, -0.1) is 0 Å². The van der Waals surface area contributed by atoms with Crippen molar-refractivity contribution in [3.05, 3.63) is 78.8 Å². The van der Waals surface area contributed by atoms with E-state index < -0.39 is 0 Å². The fourth-order valence-electron chi connectivity index (χ4n) is 3.06. The second-order valence-corrected chi connectivity index (χ2v) is 6.18. The number of hydrogen-bond donors (Lipinski definition) is 0. The molecule has 0 fully saturated rings. The largest absolute Gasteiger partial charge is 0.466 e. The minimum Gasteiger partial charge on any atom is -0.466 e. The van der Waals surface area contributed by atoms with Crippen LogP contribution in [-0.2, 0) is 16.0 Å². The predicted molar refractivity (Wildman–Crippen MR) is 105 cm³/mol. The minimum absolute atomic E-state index is 0.208. The summed E-state index contributed by atoms with van der Waals surface area (Å²) in [6.07, 6.45) is 3.88. The highest BCUT2D eigenvalue weighted by molar-refractivity contribution is 5.82. The lowest BCUT2D eigenvalue weighted by Gasteiger charge is -2.07. The summed E-state index contributed by atoms with van der Waals surface area (Å²) in [6, 6.07) is 19.9. The maximum Gasteiger partial charge on any atom is 0.310 e. The second-order valence-electron chi connectivity index (χ2n) is 6.18. The van der Waals surface area contributed by atoms with E-state index in [1.54, 1.807) is 6.20 Å². The number of rotatable bonds is 5. The third-order valence-electron chi connectivity index (χ3n) is 4.38. The molecule has 0 aliphatic rings. The normalized spacial score (nSPS) is 10.9. The standard InChI is InChI=1S/C22H19N3O2/c1-2-27-22(26)13-16-6-9-18(10-7-16)25-15-24-20-14-17(8-11-21(20)25)19-5-3-4-12-23-19/h3-12,14-15H,2,13H2,1H3. The fraction of sp³-hybridized carbons (Fsp3) is 0.136. The van der Waals surface area contributed by atoms with Gasteiger partial charge in [-0.25, -0.2) is 4.98 Å². The lowest BCUT2D eigenvalue weighted by molar-refractivity contribution is -0.142. The molecule has 2 aromatic carbocycles. The van der Waals surface area contributed by atoms with Gasteiger partial charge in [-0.3, -0.25) is 14.3 Å². The maximum absolute atomic E-state index is 11.6. The first kappa shape index (κ1) is 17.0. The summed E-state index contributed by atoms with van der Waals surface area (Å²) in [5.41, 5.74) is 5.83. The summed E-state index contributed by atoms with van der Waals surface area (Å²) in [7, 11) is 0. The van der Waals surface area contributed by atoms with E-state index in [9.17, 15) is 4.79 Å². The van der Waals surface area contributed by atoms with Crippen molar-refractivity contribution in [2.24, 2.45) is 0 Å². The molecule has 0 bridgehead atoms. The summed E-state index contributed by atoms with van der Waals surface area (Å²) in [5.74, 6) is -0.208. The maximum atomic E-state index is 11.6. The van der Waals surface area contributed by atoms with Crippen molar-refractivity contribution in [2.75, 3.05) is 6.61 Å². The number of esters is 1. The van der Waals surface area contributed by atoms with Crippen molar-refractivity contribution in [1.29, 1.82) is 0 Å². The average Bonchev–Trinajstić information content (AvgIpc) is 3.13. The Labute approximate surface area is 157 Å². The third-order valence-corrected chi connectivity index (χ3v) is 4.38. The number of ether oxygens (including phenoxy) is 1.